The van der Waals surface area contributed by atoms with E-state index >= 15 is 0 Å². The van der Waals surface area contributed by atoms with E-state index < -0.39 is 17.9 Å². The van der Waals surface area contributed by atoms with Crippen LogP contribution in [-0.4, -0.2) is 28.0 Å². The van der Waals surface area contributed by atoms with Crippen LogP contribution in [0.2, 0.25) is 5.02 Å². The van der Waals surface area contributed by atoms with E-state index in [4.69, 9.17) is 16.6 Å². The lowest BCUT2D eigenvalue weighted by Gasteiger charge is -2.26. The molecule has 0 fully saturated rings. The molecule has 4 rings (SSSR count). The largest absolute Gasteiger partial charge is 0.481 e. The Morgan fingerprint density at radius 3 is 2.43 bits per heavy atom. The summed E-state index contributed by atoms with van der Waals surface area (Å²) < 4.78 is 0.834. The molecular weight excluding hydrogens is 528 g/mol. The molecular formula is C28H24BrClN2O3. The van der Waals surface area contributed by atoms with Gasteiger partial charge in [0.25, 0.3) is 5.91 Å². The molecule has 2 N–H and O–H groups in total. The number of hydrogen-bond donors (Lipinski definition) is 2. The maximum atomic E-state index is 13.8. The molecule has 178 valence electrons. The van der Waals surface area contributed by atoms with E-state index in [1.54, 1.807) is 18.2 Å². The number of pyridine rings is 1. The van der Waals surface area contributed by atoms with E-state index in [9.17, 15) is 14.7 Å². The molecule has 3 aromatic carbocycles. The number of hydrogen-bond acceptors (Lipinski definition) is 3. The molecule has 0 aliphatic carbocycles. The number of nitrogens with one attached hydrogen (secondary N) is 1. The molecule has 0 bridgehead atoms. The van der Waals surface area contributed by atoms with Crippen LogP contribution in [0.4, 0.5) is 0 Å². The molecule has 0 saturated heterocycles. The first-order valence-electron chi connectivity index (χ1n) is 11.2. The minimum absolute atomic E-state index is 0.165. The normalized spacial score (nSPS) is 12.8. The van der Waals surface area contributed by atoms with Gasteiger partial charge in [-0.3, -0.25) is 9.59 Å². The second kappa shape index (κ2) is 10.6. The van der Waals surface area contributed by atoms with Gasteiger partial charge in [-0.05, 0) is 49.2 Å². The molecule has 2 atom stereocenters. The lowest BCUT2D eigenvalue weighted by molar-refractivity contribution is -0.137. The number of carbonyl (C=O) groups is 2. The Kier molecular flexibility index (Phi) is 7.53. The molecule has 35 heavy (non-hydrogen) atoms. The molecule has 0 aliphatic heterocycles. The van der Waals surface area contributed by atoms with Crippen molar-refractivity contribution >= 4 is 50.3 Å². The molecule has 0 saturated carbocycles. The van der Waals surface area contributed by atoms with Gasteiger partial charge in [0.2, 0.25) is 0 Å². The number of carboxylic acids is 1. The number of aromatic nitrogens is 1. The fourth-order valence-corrected chi connectivity index (χ4v) is 5.04. The van der Waals surface area contributed by atoms with Crippen LogP contribution < -0.4 is 5.32 Å². The first-order valence-corrected chi connectivity index (χ1v) is 12.4. The summed E-state index contributed by atoms with van der Waals surface area (Å²) in [7, 11) is 0. The van der Waals surface area contributed by atoms with Gasteiger partial charge in [0.05, 0.1) is 23.2 Å². The third-order valence-electron chi connectivity index (χ3n) is 6.13. The van der Waals surface area contributed by atoms with E-state index in [0.29, 0.717) is 27.1 Å². The average molecular weight is 552 g/mol. The number of rotatable bonds is 7. The summed E-state index contributed by atoms with van der Waals surface area (Å²) in [6.07, 6.45) is -0.165. The summed E-state index contributed by atoms with van der Waals surface area (Å²) in [6, 6.07) is 22.0. The van der Waals surface area contributed by atoms with Crippen LogP contribution in [-0.2, 0) is 4.79 Å². The van der Waals surface area contributed by atoms with Crippen molar-refractivity contribution in [3.63, 3.8) is 0 Å². The first kappa shape index (κ1) is 24.9. The molecule has 7 heteroatoms. The average Bonchev–Trinajstić information content (AvgIpc) is 2.83. The number of carbonyl (C=O) groups excluding carboxylic acids is 1. The van der Waals surface area contributed by atoms with Gasteiger partial charge in [0, 0.05) is 32.4 Å². The van der Waals surface area contributed by atoms with Crippen molar-refractivity contribution in [3.05, 3.63) is 99.0 Å². The van der Waals surface area contributed by atoms with E-state index in [0.717, 1.165) is 21.3 Å². The van der Waals surface area contributed by atoms with Gasteiger partial charge in [-0.1, -0.05) is 76.1 Å². The molecule has 0 radical (unpaired) electrons. The minimum atomic E-state index is -0.961. The van der Waals surface area contributed by atoms with Crippen LogP contribution >= 0.6 is 27.5 Å². The zero-order chi connectivity index (χ0) is 25.1. The minimum Gasteiger partial charge on any atom is -0.481 e. The second-order valence-corrected chi connectivity index (χ2v) is 9.80. The maximum Gasteiger partial charge on any atom is 0.304 e. The Hall–Kier alpha value is -3.22. The van der Waals surface area contributed by atoms with Crippen molar-refractivity contribution in [1.29, 1.82) is 0 Å². The predicted molar refractivity (Wildman–Crippen MR) is 143 cm³/mol. The van der Waals surface area contributed by atoms with Crippen molar-refractivity contribution < 1.29 is 14.7 Å². The van der Waals surface area contributed by atoms with Gasteiger partial charge < -0.3 is 10.4 Å². The number of halogens is 2. The fourth-order valence-electron chi connectivity index (χ4n) is 4.40. The fraction of sp³-hybridized carbons (Fsp3) is 0.179. The Morgan fingerprint density at radius 1 is 1.06 bits per heavy atom. The number of carboxylic acid groups (broad SMARTS) is 1. The number of nitrogens with zero attached hydrogens (tertiary/aromatic N) is 1. The van der Waals surface area contributed by atoms with Gasteiger partial charge in [-0.2, -0.15) is 0 Å². The third kappa shape index (κ3) is 5.39. The summed E-state index contributed by atoms with van der Waals surface area (Å²) in [5, 5.41) is 13.8. The molecule has 0 unspecified atom stereocenters. The molecule has 0 aliphatic rings. The van der Waals surface area contributed by atoms with E-state index in [1.807, 2.05) is 68.4 Å². The quantitative estimate of drug-likeness (QED) is 0.259. The summed E-state index contributed by atoms with van der Waals surface area (Å²) in [5.74, 6) is -1.75. The Balaban J connectivity index is 1.78. The molecule has 1 aromatic heterocycles. The zero-order valence-electron chi connectivity index (χ0n) is 19.3. The highest BCUT2D eigenvalue weighted by Crippen LogP contribution is 2.33. The molecule has 4 aromatic rings. The van der Waals surface area contributed by atoms with Crippen LogP contribution in [0.25, 0.3) is 22.2 Å². The Morgan fingerprint density at radius 2 is 1.74 bits per heavy atom. The van der Waals surface area contributed by atoms with Gasteiger partial charge in [-0.15, -0.1) is 0 Å². The molecule has 5 nitrogen and oxygen atoms in total. The summed E-state index contributed by atoms with van der Waals surface area (Å²) in [6.45, 7) is 3.69. The van der Waals surface area contributed by atoms with Crippen LogP contribution in [0, 0.1) is 6.92 Å². The van der Waals surface area contributed by atoms with E-state index in [2.05, 4.69) is 21.2 Å². The molecule has 1 amide bonds. The predicted octanol–water partition coefficient (Wildman–Crippen LogP) is 7.00. The van der Waals surface area contributed by atoms with Crippen molar-refractivity contribution in [2.75, 3.05) is 0 Å². The van der Waals surface area contributed by atoms with Crippen molar-refractivity contribution in [2.45, 2.75) is 32.2 Å². The highest BCUT2D eigenvalue weighted by atomic mass is 79.9. The number of fused-ring (bicyclic) bond motifs is 1. The summed E-state index contributed by atoms with van der Waals surface area (Å²) in [4.78, 5) is 30.3. The second-order valence-electron chi connectivity index (χ2n) is 8.48. The highest BCUT2D eigenvalue weighted by Gasteiger charge is 2.27. The van der Waals surface area contributed by atoms with Crippen LogP contribution in [0.15, 0.2) is 77.3 Å². The molecule has 1 heterocycles. The monoisotopic (exact) mass is 550 g/mol. The number of aliphatic carboxylic acids is 1. The highest BCUT2D eigenvalue weighted by molar-refractivity contribution is 9.10. The van der Waals surface area contributed by atoms with Gasteiger partial charge >= 0.3 is 5.97 Å². The number of benzene rings is 3. The van der Waals surface area contributed by atoms with Crippen molar-refractivity contribution in [2.24, 2.45) is 0 Å². The SMILES string of the molecule is Cc1c(-c2ccccc2)nc2ccc(Br)cc2c1C(=O)N[C@@H](C)[C@H](CC(=O)O)c1ccccc1Cl. The van der Waals surface area contributed by atoms with Crippen molar-refractivity contribution in [1.82, 2.24) is 10.3 Å². The van der Waals surface area contributed by atoms with Crippen LogP contribution in [0.1, 0.15) is 40.7 Å². The maximum absolute atomic E-state index is 13.8. The summed E-state index contributed by atoms with van der Waals surface area (Å²) in [5.41, 5.74) is 4.29. The van der Waals surface area contributed by atoms with Gasteiger partial charge in [0.15, 0.2) is 0 Å². The molecule has 0 spiro atoms. The van der Waals surface area contributed by atoms with Gasteiger partial charge in [-0.25, -0.2) is 4.98 Å². The van der Waals surface area contributed by atoms with Crippen molar-refractivity contribution in [3.8, 4) is 11.3 Å². The van der Waals surface area contributed by atoms with Crippen LogP contribution in [0.5, 0.6) is 0 Å². The zero-order valence-corrected chi connectivity index (χ0v) is 21.6. The third-order valence-corrected chi connectivity index (χ3v) is 6.96. The topological polar surface area (TPSA) is 79.3 Å². The Bertz CT molecular complexity index is 1410. The lowest BCUT2D eigenvalue weighted by atomic mass is 9.88. The van der Waals surface area contributed by atoms with E-state index in [-0.39, 0.29) is 12.3 Å². The standard InChI is InChI=1S/C28H24BrClN2O3/c1-16-26(22-14-19(29)12-13-24(22)32-27(16)18-8-4-3-5-9-18)28(35)31-17(2)21(15-25(33)34)20-10-6-7-11-23(20)30/h3-14,17,21H,15H2,1-2H3,(H,31,35)(H,33,34)/t17-,21-/m0/s1. The number of amides is 1. The smallest absolute Gasteiger partial charge is 0.304 e. The summed E-state index contributed by atoms with van der Waals surface area (Å²) >= 11 is 9.89. The first-order chi connectivity index (χ1) is 16.8. The van der Waals surface area contributed by atoms with Gasteiger partial charge in [0.1, 0.15) is 0 Å². The van der Waals surface area contributed by atoms with E-state index in [1.165, 1.54) is 0 Å². The van der Waals surface area contributed by atoms with Crippen LogP contribution in [0.3, 0.4) is 0 Å². The lowest BCUT2D eigenvalue weighted by Crippen LogP contribution is -2.38. The Labute approximate surface area is 217 Å².